The number of nitrogens with one attached hydrogen (secondary N) is 1. The van der Waals surface area contributed by atoms with E-state index in [1.807, 2.05) is 121 Å². The Kier molecular flexibility index (Phi) is 18.2. The van der Waals surface area contributed by atoms with E-state index in [0.29, 0.717) is 54.6 Å². The number of carbonyl (C=O) groups excluding carboxylic acids is 2. The number of allylic oxidation sites excluding steroid dienone is 1. The molecule has 0 aromatic heterocycles. The van der Waals surface area contributed by atoms with Crippen molar-refractivity contribution in [3.05, 3.63) is 180 Å². The van der Waals surface area contributed by atoms with Crippen LogP contribution in [0.15, 0.2) is 157 Å². The van der Waals surface area contributed by atoms with E-state index < -0.39 is 29.9 Å². The predicted octanol–water partition coefficient (Wildman–Crippen LogP) is 10.4. The number of oxime groups is 1. The molecule has 15 nitrogen and oxygen atoms in total. The lowest BCUT2D eigenvalue weighted by Gasteiger charge is -2.59. The molecule has 75 heavy (non-hydrogen) atoms. The van der Waals surface area contributed by atoms with Crippen LogP contribution in [0.3, 0.4) is 0 Å². The van der Waals surface area contributed by atoms with Gasteiger partial charge in [-0.1, -0.05) is 127 Å². The Morgan fingerprint density at radius 3 is 2.20 bits per heavy atom. The van der Waals surface area contributed by atoms with Crippen LogP contribution in [0.25, 0.3) is 0 Å². The van der Waals surface area contributed by atoms with Crippen molar-refractivity contribution in [2.75, 3.05) is 39.8 Å². The van der Waals surface area contributed by atoms with Crippen LogP contribution in [-0.4, -0.2) is 84.7 Å². The third-order valence-corrected chi connectivity index (χ3v) is 14.3. The number of nitrogens with zero attached hydrogens (tertiary/aromatic N) is 2. The smallest absolute Gasteiger partial charge is 0.412 e. The molecule has 2 aliphatic carbocycles. The molecule has 2 heterocycles. The van der Waals surface area contributed by atoms with Gasteiger partial charge < -0.3 is 53.5 Å². The van der Waals surface area contributed by atoms with Crippen LogP contribution in [0.5, 0.6) is 23.0 Å². The maximum Gasteiger partial charge on any atom is 0.412 e. The average molecular weight is 1020 g/mol. The highest BCUT2D eigenvalue weighted by atomic mass is 16.7. The van der Waals surface area contributed by atoms with E-state index in [0.717, 1.165) is 52.7 Å². The molecular weight excluding hydrogens is 955 g/mol. The summed E-state index contributed by atoms with van der Waals surface area (Å²) in [6.45, 7) is 5.26. The van der Waals surface area contributed by atoms with Gasteiger partial charge in [0, 0.05) is 44.2 Å². The third-order valence-electron chi connectivity index (χ3n) is 14.3. The number of hydrogen-bond donors (Lipinski definition) is 3. The van der Waals surface area contributed by atoms with Gasteiger partial charge in [0.15, 0.2) is 11.5 Å². The normalized spacial score (nSPS) is 21.4. The molecule has 0 unspecified atom stereocenters. The number of benzene rings is 5. The van der Waals surface area contributed by atoms with E-state index in [9.17, 15) is 15.0 Å². The summed E-state index contributed by atoms with van der Waals surface area (Å²) in [6, 6.07) is 39.3. The van der Waals surface area contributed by atoms with Gasteiger partial charge in [-0.3, -0.25) is 4.90 Å². The van der Waals surface area contributed by atoms with Gasteiger partial charge in [-0.05, 0) is 95.7 Å². The first kappa shape index (κ1) is 52.7. The molecule has 4 aliphatic rings. The summed E-state index contributed by atoms with van der Waals surface area (Å²) in [4.78, 5) is 36.6. The largest absolute Gasteiger partial charge is 0.459 e. The maximum absolute atomic E-state index is 15.2. The van der Waals surface area contributed by atoms with Crippen LogP contribution in [0.4, 0.5) is 9.59 Å². The Balaban J connectivity index is 1.16. The van der Waals surface area contributed by atoms with Gasteiger partial charge in [0.2, 0.25) is 12.6 Å². The summed E-state index contributed by atoms with van der Waals surface area (Å²) in [6.07, 6.45) is 6.99. The summed E-state index contributed by atoms with van der Waals surface area (Å²) in [7, 11) is 0. The Morgan fingerprint density at radius 2 is 1.47 bits per heavy atom. The zero-order chi connectivity index (χ0) is 51.8. The van der Waals surface area contributed by atoms with Crippen LogP contribution in [-0.2, 0) is 45.4 Å². The van der Waals surface area contributed by atoms with E-state index >= 15 is 4.79 Å². The lowest BCUT2D eigenvalue weighted by molar-refractivity contribution is -0.256. The first-order valence-electron chi connectivity index (χ1n) is 26.0. The highest BCUT2D eigenvalue weighted by Crippen LogP contribution is 2.62. The molecule has 5 aromatic rings. The monoisotopic (exact) mass is 1020 g/mol. The first-order chi connectivity index (χ1) is 36.9. The molecule has 0 bridgehead atoms. The van der Waals surface area contributed by atoms with Gasteiger partial charge in [-0.2, -0.15) is 0 Å². The van der Waals surface area contributed by atoms with Crippen LogP contribution in [0.2, 0.25) is 0 Å². The highest BCUT2D eigenvalue weighted by molar-refractivity contribution is 6.03. The van der Waals surface area contributed by atoms with Crippen molar-refractivity contribution in [1.29, 1.82) is 0 Å². The number of aliphatic hydroxyl groups is 2. The van der Waals surface area contributed by atoms with Crippen molar-refractivity contribution >= 4 is 17.9 Å². The minimum absolute atomic E-state index is 0.0326. The van der Waals surface area contributed by atoms with Crippen molar-refractivity contribution in [3.63, 3.8) is 0 Å². The van der Waals surface area contributed by atoms with Crippen molar-refractivity contribution < 1.29 is 57.8 Å². The molecule has 1 saturated carbocycles. The van der Waals surface area contributed by atoms with Crippen molar-refractivity contribution in [3.8, 4) is 23.0 Å². The van der Waals surface area contributed by atoms with Crippen LogP contribution in [0, 0.1) is 17.8 Å². The zero-order valence-corrected chi connectivity index (χ0v) is 42.3. The van der Waals surface area contributed by atoms with Gasteiger partial charge in [0.05, 0.1) is 31.5 Å². The minimum atomic E-state index is -1.60. The number of carbonyl (C=O) groups is 2. The van der Waals surface area contributed by atoms with E-state index in [-0.39, 0.29) is 83.7 Å². The summed E-state index contributed by atoms with van der Waals surface area (Å²) >= 11 is 0. The lowest BCUT2D eigenvalue weighted by Crippen LogP contribution is -2.70. The molecule has 0 radical (unpaired) electrons. The summed E-state index contributed by atoms with van der Waals surface area (Å²) in [5.74, 6) is -0.772. The Labute approximate surface area is 438 Å². The maximum atomic E-state index is 15.2. The highest BCUT2D eigenvalue weighted by Gasteiger charge is 2.66. The number of hydrogen-bond acceptors (Lipinski definition) is 13. The van der Waals surface area contributed by atoms with E-state index in [1.165, 1.54) is 0 Å². The number of rotatable bonds is 25. The van der Waals surface area contributed by atoms with Crippen LogP contribution < -0.4 is 24.3 Å². The summed E-state index contributed by atoms with van der Waals surface area (Å²) in [5, 5.41) is 28.0. The molecule has 0 saturated heterocycles. The Morgan fingerprint density at radius 1 is 0.773 bits per heavy atom. The Bertz CT molecular complexity index is 2740. The minimum Gasteiger partial charge on any atom is -0.459 e. The number of ether oxygens (including phenoxy) is 7. The molecule has 6 atom stereocenters. The van der Waals surface area contributed by atoms with E-state index in [2.05, 4.69) is 18.0 Å². The van der Waals surface area contributed by atoms with Gasteiger partial charge in [-0.15, -0.1) is 6.58 Å². The Hall–Kier alpha value is -7.17. The number of unbranched alkanes of at least 4 members (excludes halogenated alkanes) is 2. The van der Waals surface area contributed by atoms with Gasteiger partial charge >= 0.3 is 12.2 Å². The number of aliphatic hydroxyl groups excluding tert-OH is 2. The van der Waals surface area contributed by atoms with Crippen molar-refractivity contribution in [2.45, 2.75) is 89.0 Å². The number of fused-ring (bicyclic) bond motifs is 3. The molecule has 15 heteroatoms. The van der Waals surface area contributed by atoms with Crippen molar-refractivity contribution in [1.82, 2.24) is 10.2 Å². The van der Waals surface area contributed by atoms with E-state index in [4.69, 9.17) is 43.2 Å². The predicted molar refractivity (Wildman–Crippen MR) is 281 cm³/mol. The van der Waals surface area contributed by atoms with Crippen LogP contribution >= 0.6 is 0 Å². The molecule has 394 valence electrons. The SMILES string of the molecule is C=CCO[C@@]12Oc3ccc(OC(=O)NCc4ccccc4)cc3[C@H]3[C@H](CCCCO)[C@@H](CCCCO)C=C(C(=NOCc4ccccc4)C[C@@H]1N(Cc1ccc4c(c1)OCO4)C(=O)OCCOCc1ccccc1)[C@H]32. The topological polar surface area (TPSA) is 176 Å². The number of amides is 2. The van der Waals surface area contributed by atoms with E-state index in [1.54, 1.807) is 17.0 Å². The fourth-order valence-electron chi connectivity index (χ4n) is 11.0. The second kappa shape index (κ2) is 25.9. The van der Waals surface area contributed by atoms with Gasteiger partial charge in [0.25, 0.3) is 0 Å². The second-order valence-electron chi connectivity index (χ2n) is 19.2. The molecule has 1 fully saturated rings. The molecule has 2 amide bonds. The molecule has 3 N–H and O–H groups in total. The molecule has 9 rings (SSSR count). The quantitative estimate of drug-likeness (QED) is 0.0287. The fraction of sp³-hybridized carbons (Fsp3) is 0.383. The van der Waals surface area contributed by atoms with Crippen LogP contribution in [0.1, 0.15) is 78.7 Å². The molecular formula is C60H67N3O12. The fourth-order valence-corrected chi connectivity index (χ4v) is 11.0. The molecule has 5 aromatic carbocycles. The lowest BCUT2D eigenvalue weighted by atomic mass is 9.55. The molecule has 2 aliphatic heterocycles. The second-order valence-corrected chi connectivity index (χ2v) is 19.2. The van der Waals surface area contributed by atoms with Crippen molar-refractivity contribution in [2.24, 2.45) is 22.9 Å². The van der Waals surface area contributed by atoms with Gasteiger partial charge in [-0.25, -0.2) is 9.59 Å². The standard InChI is InChI=1S/C60H67N3O12/c1-2-30-72-60-55(63(38-45-24-26-53-54(33-45)71-41-70-53)59(67)69-32-31-68-39-43-18-8-4-9-19-43)36-51(62-73-40-44-20-10-5-11-21-44)49-34-46(22-12-14-28-64)48(23-13-15-29-65)56(57(49)60)50-35-47(25-27-52(50)75-60)74-58(66)61-37-42-16-6-3-7-17-42/h2-11,16-21,24-27,33-35,46,48,55-57,64-65H,1,12-15,22-23,28-32,36-41H2,(H,61,66)/t46-,48+,55-,56+,57+,60+/m0/s1. The molecule has 0 spiro atoms. The summed E-state index contributed by atoms with van der Waals surface area (Å²) < 4.78 is 44.3. The van der Waals surface area contributed by atoms with Gasteiger partial charge in [0.1, 0.15) is 30.8 Å². The zero-order valence-electron chi connectivity index (χ0n) is 42.3. The third kappa shape index (κ3) is 12.9. The average Bonchev–Trinajstić information content (AvgIpc) is 3.99. The first-order valence-corrected chi connectivity index (χ1v) is 26.0. The summed E-state index contributed by atoms with van der Waals surface area (Å²) in [5.41, 5.74) is 5.84.